The number of fused-ring (bicyclic) bond motifs is 2. The summed E-state index contributed by atoms with van der Waals surface area (Å²) < 4.78 is 59.8. The van der Waals surface area contributed by atoms with Crippen molar-refractivity contribution in [2.75, 3.05) is 18.0 Å². The normalized spacial score (nSPS) is 16.5. The number of hydrogen-bond acceptors (Lipinski definition) is 3. The van der Waals surface area contributed by atoms with E-state index in [9.17, 15) is 17.6 Å². The highest BCUT2D eigenvalue weighted by Crippen LogP contribution is 2.41. The van der Waals surface area contributed by atoms with Crippen molar-refractivity contribution in [2.24, 2.45) is 0 Å². The highest BCUT2D eigenvalue weighted by molar-refractivity contribution is 5.86. The lowest BCUT2D eigenvalue weighted by molar-refractivity contribution is -0.137. The maximum Gasteiger partial charge on any atom is 0.416 e. The second-order valence-electron chi connectivity index (χ2n) is 9.02. The standard InChI is InChI=1S/C29H26F4N2O/c1-19(24-9-4-7-20-6-2-3-8-25(20)24)34-17-16-23-18-35(27-11-5-10-26(30)28(27)36-23)22-14-12-21(13-15-22)29(31,32)33/h2-15,19,23,34H,16-18H2,1H3/t19-,23?/m1/s1. The summed E-state index contributed by atoms with van der Waals surface area (Å²) >= 11 is 0. The Morgan fingerprint density at radius 1 is 0.944 bits per heavy atom. The van der Waals surface area contributed by atoms with E-state index in [2.05, 4.69) is 36.5 Å². The fourth-order valence-corrected chi connectivity index (χ4v) is 4.76. The number of halogens is 4. The lowest BCUT2D eigenvalue weighted by atomic mass is 9.99. The number of ether oxygens (including phenoxy) is 1. The zero-order valence-electron chi connectivity index (χ0n) is 19.7. The van der Waals surface area contributed by atoms with E-state index in [1.165, 1.54) is 34.5 Å². The summed E-state index contributed by atoms with van der Waals surface area (Å²) in [6.07, 6.45) is -4.16. The van der Waals surface area contributed by atoms with Crippen molar-refractivity contribution >= 4 is 22.1 Å². The van der Waals surface area contributed by atoms with Gasteiger partial charge < -0.3 is 15.0 Å². The Bertz CT molecular complexity index is 1350. The third kappa shape index (κ3) is 4.88. The predicted molar refractivity (Wildman–Crippen MR) is 134 cm³/mol. The van der Waals surface area contributed by atoms with Gasteiger partial charge in [0.25, 0.3) is 0 Å². The first-order valence-corrected chi connectivity index (χ1v) is 11.9. The molecule has 1 aliphatic heterocycles. The Hall–Kier alpha value is -3.58. The van der Waals surface area contributed by atoms with Crippen LogP contribution >= 0.6 is 0 Å². The van der Waals surface area contributed by atoms with Gasteiger partial charge >= 0.3 is 6.18 Å². The fourth-order valence-electron chi connectivity index (χ4n) is 4.76. The molecule has 1 N–H and O–H groups in total. The van der Waals surface area contributed by atoms with Crippen molar-refractivity contribution in [1.82, 2.24) is 5.32 Å². The summed E-state index contributed by atoms with van der Waals surface area (Å²) in [6.45, 7) is 3.12. The van der Waals surface area contributed by atoms with Crippen LogP contribution in [0.4, 0.5) is 28.9 Å². The summed E-state index contributed by atoms with van der Waals surface area (Å²) in [6, 6.07) is 24.1. The third-order valence-corrected chi connectivity index (χ3v) is 6.62. The summed E-state index contributed by atoms with van der Waals surface area (Å²) in [4.78, 5) is 1.82. The quantitative estimate of drug-likeness (QED) is 0.279. The van der Waals surface area contributed by atoms with Crippen molar-refractivity contribution in [3.05, 3.63) is 102 Å². The van der Waals surface area contributed by atoms with Gasteiger partial charge in [-0.05, 0) is 72.6 Å². The second-order valence-corrected chi connectivity index (χ2v) is 9.02. The molecule has 1 unspecified atom stereocenters. The summed E-state index contributed by atoms with van der Waals surface area (Å²) in [5, 5.41) is 5.91. The first kappa shape index (κ1) is 24.1. The summed E-state index contributed by atoms with van der Waals surface area (Å²) in [5.74, 6) is -0.373. The van der Waals surface area contributed by atoms with E-state index >= 15 is 0 Å². The monoisotopic (exact) mass is 494 g/mol. The number of para-hydroxylation sites is 1. The van der Waals surface area contributed by atoms with Gasteiger partial charge in [-0.1, -0.05) is 48.5 Å². The highest BCUT2D eigenvalue weighted by Gasteiger charge is 2.32. The number of alkyl halides is 3. The number of nitrogens with zero attached hydrogens (tertiary/aromatic N) is 1. The van der Waals surface area contributed by atoms with Gasteiger partial charge in [0.1, 0.15) is 6.10 Å². The number of nitrogens with one attached hydrogen (secondary N) is 1. The van der Waals surface area contributed by atoms with Crippen LogP contribution in [0.5, 0.6) is 5.75 Å². The van der Waals surface area contributed by atoms with Gasteiger partial charge in [-0.25, -0.2) is 4.39 Å². The molecule has 2 atom stereocenters. The topological polar surface area (TPSA) is 24.5 Å². The molecule has 4 aromatic carbocycles. The van der Waals surface area contributed by atoms with E-state index in [1.807, 2.05) is 23.1 Å². The maximum atomic E-state index is 14.7. The molecule has 1 heterocycles. The van der Waals surface area contributed by atoms with E-state index in [0.29, 0.717) is 30.9 Å². The first-order valence-electron chi connectivity index (χ1n) is 11.9. The van der Waals surface area contributed by atoms with Crippen LogP contribution < -0.4 is 15.0 Å². The van der Waals surface area contributed by atoms with Crippen molar-refractivity contribution in [1.29, 1.82) is 0 Å². The van der Waals surface area contributed by atoms with Gasteiger partial charge in [-0.3, -0.25) is 0 Å². The molecule has 7 heteroatoms. The molecule has 3 nitrogen and oxygen atoms in total. The lowest BCUT2D eigenvalue weighted by Gasteiger charge is -2.36. The third-order valence-electron chi connectivity index (χ3n) is 6.62. The van der Waals surface area contributed by atoms with Crippen LogP contribution in [0.15, 0.2) is 84.9 Å². The second kappa shape index (κ2) is 9.82. The number of benzene rings is 4. The van der Waals surface area contributed by atoms with Crippen molar-refractivity contribution in [2.45, 2.75) is 31.7 Å². The van der Waals surface area contributed by atoms with Crippen LogP contribution in [0.1, 0.15) is 30.5 Å². The highest BCUT2D eigenvalue weighted by atomic mass is 19.4. The van der Waals surface area contributed by atoms with Gasteiger partial charge in [0.2, 0.25) is 0 Å². The minimum absolute atomic E-state index is 0.0923. The average molecular weight is 495 g/mol. The Balaban J connectivity index is 1.31. The van der Waals surface area contributed by atoms with E-state index in [0.717, 1.165) is 12.1 Å². The lowest BCUT2D eigenvalue weighted by Crippen LogP contribution is -2.39. The van der Waals surface area contributed by atoms with Gasteiger partial charge in [0, 0.05) is 11.7 Å². The predicted octanol–water partition coefficient (Wildman–Crippen LogP) is 7.64. The number of anilines is 2. The summed E-state index contributed by atoms with van der Waals surface area (Å²) in [7, 11) is 0. The van der Waals surface area contributed by atoms with Crippen LogP contribution in [0.2, 0.25) is 0 Å². The smallest absolute Gasteiger partial charge is 0.416 e. The van der Waals surface area contributed by atoms with Crippen molar-refractivity contribution in [3.8, 4) is 5.75 Å². The van der Waals surface area contributed by atoms with Gasteiger partial charge in [-0.15, -0.1) is 0 Å². The maximum absolute atomic E-state index is 14.7. The Labute approximate surface area is 207 Å². The molecule has 0 amide bonds. The van der Waals surface area contributed by atoms with Crippen LogP contribution in [-0.2, 0) is 6.18 Å². The van der Waals surface area contributed by atoms with Crippen LogP contribution in [-0.4, -0.2) is 19.2 Å². The molecule has 0 spiro atoms. The van der Waals surface area contributed by atoms with Crippen molar-refractivity contribution in [3.63, 3.8) is 0 Å². The fraction of sp³-hybridized carbons (Fsp3) is 0.241. The average Bonchev–Trinajstić information content (AvgIpc) is 2.88. The zero-order chi connectivity index (χ0) is 25.3. The minimum atomic E-state index is -4.41. The van der Waals surface area contributed by atoms with Gasteiger partial charge in [0.15, 0.2) is 11.6 Å². The molecule has 0 saturated carbocycles. The molecular weight excluding hydrogens is 468 g/mol. The Morgan fingerprint density at radius 2 is 1.67 bits per heavy atom. The molecule has 0 bridgehead atoms. The SMILES string of the molecule is C[C@@H](NCCC1CN(c2ccc(C(F)(F)F)cc2)c2cccc(F)c2O1)c1cccc2ccccc12. The van der Waals surface area contributed by atoms with Gasteiger partial charge in [-0.2, -0.15) is 13.2 Å². The van der Waals surface area contributed by atoms with E-state index in [4.69, 9.17) is 4.74 Å². The molecular formula is C29H26F4N2O. The Kier molecular flexibility index (Phi) is 6.58. The van der Waals surface area contributed by atoms with Crippen LogP contribution in [0, 0.1) is 5.82 Å². The molecule has 0 saturated heterocycles. The van der Waals surface area contributed by atoms with E-state index in [-0.39, 0.29) is 17.9 Å². The van der Waals surface area contributed by atoms with Crippen molar-refractivity contribution < 1.29 is 22.3 Å². The molecule has 0 radical (unpaired) electrons. The molecule has 0 fully saturated rings. The molecule has 1 aliphatic rings. The molecule has 4 aromatic rings. The van der Waals surface area contributed by atoms with E-state index < -0.39 is 17.6 Å². The Morgan fingerprint density at radius 3 is 2.44 bits per heavy atom. The van der Waals surface area contributed by atoms with E-state index in [1.54, 1.807) is 12.1 Å². The van der Waals surface area contributed by atoms with Crippen LogP contribution in [0.3, 0.4) is 0 Å². The molecule has 0 aliphatic carbocycles. The summed E-state index contributed by atoms with van der Waals surface area (Å²) in [5.41, 5.74) is 1.53. The number of hydrogen-bond donors (Lipinski definition) is 1. The zero-order valence-corrected chi connectivity index (χ0v) is 19.7. The largest absolute Gasteiger partial charge is 0.483 e. The van der Waals surface area contributed by atoms with Gasteiger partial charge in [0.05, 0.1) is 17.8 Å². The minimum Gasteiger partial charge on any atom is -0.483 e. The van der Waals surface area contributed by atoms with Crippen LogP contribution in [0.25, 0.3) is 10.8 Å². The molecule has 36 heavy (non-hydrogen) atoms. The molecule has 5 rings (SSSR count). The first-order chi connectivity index (χ1) is 17.3. The molecule has 0 aromatic heterocycles. The number of rotatable bonds is 6. The molecule has 186 valence electrons.